The number of esters is 1. The van der Waals surface area contributed by atoms with Gasteiger partial charge in [0.05, 0.1) is 19.4 Å². The third-order valence-electron chi connectivity index (χ3n) is 4.01. The number of carbonyl (C=O) groups excluding carboxylic acids is 1. The minimum absolute atomic E-state index is 0.0790. The van der Waals surface area contributed by atoms with Crippen molar-refractivity contribution < 1.29 is 19.4 Å². The van der Waals surface area contributed by atoms with Crippen LogP contribution in [0.15, 0.2) is 30.3 Å². The van der Waals surface area contributed by atoms with Gasteiger partial charge in [-0.1, -0.05) is 30.3 Å². The summed E-state index contributed by atoms with van der Waals surface area (Å²) in [6.45, 7) is 0. The fraction of sp³-hybridized carbons (Fsp3) is 0.500. The van der Waals surface area contributed by atoms with Crippen LogP contribution in [0, 0.1) is 11.3 Å². The minimum atomic E-state index is -0.948. The highest BCUT2D eigenvalue weighted by molar-refractivity contribution is 5.79. The first-order valence-electron chi connectivity index (χ1n) is 6.88. The van der Waals surface area contributed by atoms with Gasteiger partial charge in [-0.2, -0.15) is 0 Å². The Labute approximate surface area is 118 Å². The van der Waals surface area contributed by atoms with E-state index >= 15 is 0 Å². The molecule has 0 saturated heterocycles. The molecule has 108 valence electrons. The predicted octanol–water partition coefficient (Wildman–Crippen LogP) is 2.66. The third-order valence-corrected chi connectivity index (χ3v) is 4.01. The summed E-state index contributed by atoms with van der Waals surface area (Å²) in [5.41, 5.74) is 1.32. The summed E-state index contributed by atoms with van der Waals surface area (Å²) in [5, 5.41) is 8.93. The maximum atomic E-state index is 11.7. The molecule has 2 rings (SSSR count). The number of carboxylic acids is 1. The molecule has 1 saturated carbocycles. The van der Waals surface area contributed by atoms with E-state index in [0.29, 0.717) is 6.42 Å². The van der Waals surface area contributed by atoms with Crippen LogP contribution in [0.2, 0.25) is 0 Å². The maximum absolute atomic E-state index is 11.7. The molecular weight excluding hydrogens is 256 g/mol. The zero-order valence-corrected chi connectivity index (χ0v) is 11.7. The molecule has 0 aromatic heterocycles. The van der Waals surface area contributed by atoms with E-state index in [9.17, 15) is 9.59 Å². The smallest absolute Gasteiger partial charge is 0.309 e. The van der Waals surface area contributed by atoms with E-state index in [0.717, 1.165) is 19.3 Å². The van der Waals surface area contributed by atoms with Crippen LogP contribution < -0.4 is 0 Å². The lowest BCUT2D eigenvalue weighted by Crippen LogP contribution is -2.24. The van der Waals surface area contributed by atoms with Crippen LogP contribution in [0.5, 0.6) is 0 Å². The fourth-order valence-corrected chi connectivity index (χ4v) is 2.80. The Bertz CT molecular complexity index is 477. The van der Waals surface area contributed by atoms with Gasteiger partial charge in [-0.3, -0.25) is 9.59 Å². The molecule has 20 heavy (non-hydrogen) atoms. The number of methoxy groups -OCH3 is 1. The SMILES string of the molecule is COC(=O)C(CC(=O)O)CC1(Cc2ccccc2)CC1. The first-order valence-corrected chi connectivity index (χ1v) is 6.88. The van der Waals surface area contributed by atoms with Gasteiger partial charge in [-0.05, 0) is 36.7 Å². The van der Waals surface area contributed by atoms with Gasteiger partial charge < -0.3 is 9.84 Å². The van der Waals surface area contributed by atoms with Gasteiger partial charge in [0.15, 0.2) is 0 Å². The monoisotopic (exact) mass is 276 g/mol. The molecule has 1 aliphatic carbocycles. The second-order valence-corrected chi connectivity index (χ2v) is 5.68. The van der Waals surface area contributed by atoms with Gasteiger partial charge in [0.2, 0.25) is 0 Å². The Kier molecular flexibility index (Phi) is 4.42. The van der Waals surface area contributed by atoms with Crippen molar-refractivity contribution in [1.29, 1.82) is 0 Å². The van der Waals surface area contributed by atoms with E-state index in [4.69, 9.17) is 9.84 Å². The zero-order chi connectivity index (χ0) is 14.6. The molecular formula is C16H20O4. The number of rotatable bonds is 7. The number of carboxylic acid groups (broad SMARTS) is 1. The van der Waals surface area contributed by atoms with Crippen molar-refractivity contribution in [2.45, 2.75) is 32.1 Å². The molecule has 1 aromatic rings. The van der Waals surface area contributed by atoms with Crippen LogP contribution in [0.1, 0.15) is 31.2 Å². The Morgan fingerprint density at radius 3 is 2.45 bits per heavy atom. The average Bonchev–Trinajstić information content (AvgIpc) is 3.17. The maximum Gasteiger partial charge on any atom is 0.309 e. The van der Waals surface area contributed by atoms with Crippen molar-refractivity contribution in [3.63, 3.8) is 0 Å². The molecule has 1 N–H and O–H groups in total. The molecule has 0 spiro atoms. The summed E-state index contributed by atoms with van der Waals surface area (Å²) in [7, 11) is 1.31. The van der Waals surface area contributed by atoms with Crippen molar-refractivity contribution in [3.05, 3.63) is 35.9 Å². The molecule has 0 bridgehead atoms. The Hall–Kier alpha value is -1.84. The predicted molar refractivity (Wildman–Crippen MR) is 74.2 cm³/mol. The number of carbonyl (C=O) groups is 2. The summed E-state index contributed by atoms with van der Waals surface area (Å²) in [6, 6.07) is 10.1. The summed E-state index contributed by atoms with van der Waals surface area (Å²) in [6.07, 6.45) is 3.45. The normalized spacial score (nSPS) is 17.2. The molecule has 0 radical (unpaired) electrons. The number of hydrogen-bond acceptors (Lipinski definition) is 3. The first-order chi connectivity index (χ1) is 9.54. The van der Waals surface area contributed by atoms with E-state index in [1.807, 2.05) is 18.2 Å². The first kappa shape index (κ1) is 14.6. The molecule has 4 nitrogen and oxygen atoms in total. The number of ether oxygens (including phenoxy) is 1. The van der Waals surface area contributed by atoms with Crippen molar-refractivity contribution >= 4 is 11.9 Å². The van der Waals surface area contributed by atoms with Gasteiger partial charge in [0.1, 0.15) is 0 Å². The van der Waals surface area contributed by atoms with Gasteiger partial charge >= 0.3 is 11.9 Å². The van der Waals surface area contributed by atoms with Crippen LogP contribution in [0.4, 0.5) is 0 Å². The van der Waals surface area contributed by atoms with Gasteiger partial charge in [-0.15, -0.1) is 0 Å². The molecule has 0 heterocycles. The summed E-state index contributed by atoms with van der Waals surface area (Å²) < 4.78 is 4.73. The van der Waals surface area contributed by atoms with E-state index < -0.39 is 17.9 Å². The number of aliphatic carboxylic acids is 1. The second-order valence-electron chi connectivity index (χ2n) is 5.68. The lowest BCUT2D eigenvalue weighted by Gasteiger charge is -2.20. The molecule has 1 unspecified atom stereocenters. The molecule has 1 atom stereocenters. The topological polar surface area (TPSA) is 63.6 Å². The third kappa shape index (κ3) is 3.83. The Morgan fingerprint density at radius 1 is 1.30 bits per heavy atom. The summed E-state index contributed by atoms with van der Waals surface area (Å²) in [5.74, 6) is -1.90. The molecule has 1 aliphatic rings. The van der Waals surface area contributed by atoms with Gasteiger partial charge in [0, 0.05) is 0 Å². The van der Waals surface area contributed by atoms with E-state index in [1.165, 1.54) is 12.7 Å². The minimum Gasteiger partial charge on any atom is -0.481 e. The van der Waals surface area contributed by atoms with E-state index in [2.05, 4.69) is 12.1 Å². The highest BCUT2D eigenvalue weighted by Crippen LogP contribution is 2.53. The average molecular weight is 276 g/mol. The molecule has 0 aliphatic heterocycles. The van der Waals surface area contributed by atoms with Crippen molar-refractivity contribution in [2.24, 2.45) is 11.3 Å². The van der Waals surface area contributed by atoms with Gasteiger partial charge in [-0.25, -0.2) is 0 Å². The van der Waals surface area contributed by atoms with Crippen LogP contribution in [-0.2, 0) is 20.7 Å². The molecule has 1 aromatic carbocycles. The van der Waals surface area contributed by atoms with Crippen LogP contribution in [-0.4, -0.2) is 24.2 Å². The standard InChI is InChI=1S/C16H20O4/c1-20-15(19)13(9-14(17)18)11-16(7-8-16)10-12-5-3-2-4-6-12/h2-6,13H,7-11H2,1H3,(H,17,18). The van der Waals surface area contributed by atoms with E-state index in [1.54, 1.807) is 0 Å². The second kappa shape index (κ2) is 6.07. The summed E-state index contributed by atoms with van der Waals surface area (Å²) in [4.78, 5) is 22.6. The largest absolute Gasteiger partial charge is 0.481 e. The lowest BCUT2D eigenvalue weighted by atomic mass is 9.85. The van der Waals surface area contributed by atoms with Crippen LogP contribution >= 0.6 is 0 Å². The van der Waals surface area contributed by atoms with Crippen molar-refractivity contribution in [2.75, 3.05) is 7.11 Å². The highest BCUT2D eigenvalue weighted by atomic mass is 16.5. The van der Waals surface area contributed by atoms with Crippen LogP contribution in [0.25, 0.3) is 0 Å². The fourth-order valence-electron chi connectivity index (χ4n) is 2.80. The number of hydrogen-bond donors (Lipinski definition) is 1. The van der Waals surface area contributed by atoms with Gasteiger partial charge in [0.25, 0.3) is 0 Å². The Morgan fingerprint density at radius 2 is 1.95 bits per heavy atom. The zero-order valence-electron chi connectivity index (χ0n) is 11.7. The highest BCUT2D eigenvalue weighted by Gasteiger charge is 2.45. The van der Waals surface area contributed by atoms with Crippen molar-refractivity contribution in [1.82, 2.24) is 0 Å². The lowest BCUT2D eigenvalue weighted by molar-refractivity contribution is -0.151. The molecule has 0 amide bonds. The van der Waals surface area contributed by atoms with Crippen molar-refractivity contribution in [3.8, 4) is 0 Å². The number of benzene rings is 1. The molecule has 4 heteroatoms. The Balaban J connectivity index is 2.02. The quantitative estimate of drug-likeness (QED) is 0.778. The molecule has 1 fully saturated rings. The van der Waals surface area contributed by atoms with Crippen LogP contribution in [0.3, 0.4) is 0 Å². The summed E-state index contributed by atoms with van der Waals surface area (Å²) >= 11 is 0. The van der Waals surface area contributed by atoms with E-state index in [-0.39, 0.29) is 11.8 Å².